The van der Waals surface area contributed by atoms with Crippen LogP contribution in [0.4, 0.5) is 5.69 Å². The molecule has 0 aliphatic carbocycles. The predicted molar refractivity (Wildman–Crippen MR) is 111 cm³/mol. The van der Waals surface area contributed by atoms with Crippen LogP contribution in [0.1, 0.15) is 46.3 Å². The molecular formula is C23H28N2O3. The van der Waals surface area contributed by atoms with Crippen molar-refractivity contribution in [2.75, 3.05) is 24.6 Å². The van der Waals surface area contributed by atoms with Crippen molar-refractivity contribution in [1.29, 1.82) is 0 Å². The highest BCUT2D eigenvalue weighted by Gasteiger charge is 2.21. The topological polar surface area (TPSA) is 58.6 Å². The smallest absolute Gasteiger partial charge is 0.251 e. The van der Waals surface area contributed by atoms with Gasteiger partial charge in [-0.05, 0) is 80.6 Å². The van der Waals surface area contributed by atoms with Gasteiger partial charge in [-0.25, -0.2) is 0 Å². The molecule has 1 heterocycles. The lowest BCUT2D eigenvalue weighted by Crippen LogP contribution is -2.26. The van der Waals surface area contributed by atoms with Gasteiger partial charge in [0, 0.05) is 30.8 Å². The van der Waals surface area contributed by atoms with Gasteiger partial charge in [-0.1, -0.05) is 6.07 Å². The van der Waals surface area contributed by atoms with Gasteiger partial charge in [0.1, 0.15) is 5.75 Å². The van der Waals surface area contributed by atoms with E-state index in [1.807, 2.05) is 18.2 Å². The Morgan fingerprint density at radius 2 is 1.89 bits per heavy atom. The number of amides is 2. The van der Waals surface area contributed by atoms with Gasteiger partial charge in [0.25, 0.3) is 5.91 Å². The summed E-state index contributed by atoms with van der Waals surface area (Å²) >= 11 is 0. The molecule has 2 aromatic carbocycles. The molecule has 2 amide bonds. The van der Waals surface area contributed by atoms with Gasteiger partial charge in [-0.15, -0.1) is 0 Å². The minimum absolute atomic E-state index is 0.109. The standard InChI is InChI=1S/C23H28N2O3/c1-16-14-17(2)18(3)21(15-16)28-13-5-11-24-23(27)19-7-9-20(10-8-19)25-12-4-6-22(25)26/h7-10,14-15H,4-6,11-13H2,1-3H3,(H,24,27). The maximum atomic E-state index is 12.3. The van der Waals surface area contributed by atoms with E-state index in [4.69, 9.17) is 4.74 Å². The molecule has 5 nitrogen and oxygen atoms in total. The summed E-state index contributed by atoms with van der Waals surface area (Å²) in [6.07, 6.45) is 2.23. The summed E-state index contributed by atoms with van der Waals surface area (Å²) in [6.45, 7) is 8.06. The zero-order chi connectivity index (χ0) is 20.1. The molecule has 1 saturated heterocycles. The summed E-state index contributed by atoms with van der Waals surface area (Å²) in [5, 5.41) is 2.92. The van der Waals surface area contributed by atoms with E-state index in [-0.39, 0.29) is 11.8 Å². The first-order valence-electron chi connectivity index (χ1n) is 9.85. The second-order valence-corrected chi connectivity index (χ2v) is 7.36. The lowest BCUT2D eigenvalue weighted by molar-refractivity contribution is -0.117. The molecule has 1 fully saturated rings. The molecular weight excluding hydrogens is 352 g/mol. The summed E-state index contributed by atoms with van der Waals surface area (Å²) in [4.78, 5) is 25.8. The highest BCUT2D eigenvalue weighted by atomic mass is 16.5. The van der Waals surface area contributed by atoms with Crippen molar-refractivity contribution in [3.05, 3.63) is 58.7 Å². The molecule has 0 radical (unpaired) electrons. The van der Waals surface area contributed by atoms with Crippen LogP contribution in [0.2, 0.25) is 0 Å². The Morgan fingerprint density at radius 3 is 2.57 bits per heavy atom. The Morgan fingerprint density at radius 1 is 1.14 bits per heavy atom. The minimum atomic E-state index is -0.109. The third-order valence-electron chi connectivity index (χ3n) is 5.14. The first-order valence-corrected chi connectivity index (χ1v) is 9.85. The van der Waals surface area contributed by atoms with Gasteiger partial charge >= 0.3 is 0 Å². The van der Waals surface area contributed by atoms with Crippen LogP contribution >= 0.6 is 0 Å². The van der Waals surface area contributed by atoms with Gasteiger partial charge in [0.15, 0.2) is 0 Å². The Balaban J connectivity index is 1.44. The number of nitrogens with one attached hydrogen (secondary N) is 1. The minimum Gasteiger partial charge on any atom is -0.493 e. The van der Waals surface area contributed by atoms with Crippen LogP contribution in [0, 0.1) is 20.8 Å². The summed E-state index contributed by atoms with van der Waals surface area (Å²) < 4.78 is 5.88. The molecule has 148 valence electrons. The van der Waals surface area contributed by atoms with Crippen LogP contribution < -0.4 is 15.0 Å². The number of benzene rings is 2. The average Bonchev–Trinajstić information content (AvgIpc) is 3.11. The summed E-state index contributed by atoms with van der Waals surface area (Å²) in [5.41, 5.74) is 5.02. The van der Waals surface area contributed by atoms with E-state index in [2.05, 4.69) is 32.2 Å². The number of hydrogen-bond donors (Lipinski definition) is 1. The number of hydrogen-bond acceptors (Lipinski definition) is 3. The first kappa shape index (κ1) is 19.9. The molecule has 0 spiro atoms. The Bertz CT molecular complexity index is 859. The van der Waals surface area contributed by atoms with Crippen molar-refractivity contribution >= 4 is 17.5 Å². The van der Waals surface area contributed by atoms with Crippen LogP contribution in [0.3, 0.4) is 0 Å². The molecule has 0 bridgehead atoms. The van der Waals surface area contributed by atoms with Crippen molar-refractivity contribution in [2.24, 2.45) is 0 Å². The van der Waals surface area contributed by atoms with Crippen LogP contribution in [-0.2, 0) is 4.79 Å². The normalized spacial score (nSPS) is 13.7. The molecule has 0 atom stereocenters. The number of nitrogens with zero attached hydrogens (tertiary/aromatic N) is 1. The van der Waals surface area contributed by atoms with E-state index >= 15 is 0 Å². The maximum Gasteiger partial charge on any atom is 0.251 e. The summed E-state index contributed by atoms with van der Waals surface area (Å²) in [6, 6.07) is 11.4. The molecule has 1 aliphatic heterocycles. The highest BCUT2D eigenvalue weighted by Crippen LogP contribution is 2.23. The van der Waals surface area contributed by atoms with Gasteiger partial charge in [0.2, 0.25) is 5.91 Å². The van der Waals surface area contributed by atoms with Gasteiger partial charge in [-0.3, -0.25) is 9.59 Å². The maximum absolute atomic E-state index is 12.3. The molecule has 0 unspecified atom stereocenters. The number of anilines is 1. The van der Waals surface area contributed by atoms with Crippen LogP contribution in [-0.4, -0.2) is 31.5 Å². The highest BCUT2D eigenvalue weighted by molar-refractivity contribution is 5.97. The Hall–Kier alpha value is -2.82. The molecule has 0 aromatic heterocycles. The number of carbonyl (C=O) groups excluding carboxylic acids is 2. The monoisotopic (exact) mass is 380 g/mol. The fourth-order valence-electron chi connectivity index (χ4n) is 3.42. The van der Waals surface area contributed by atoms with E-state index in [9.17, 15) is 9.59 Å². The van der Waals surface area contributed by atoms with E-state index < -0.39 is 0 Å². The largest absolute Gasteiger partial charge is 0.493 e. The summed E-state index contributed by atoms with van der Waals surface area (Å²) in [5.74, 6) is 0.953. The van der Waals surface area contributed by atoms with E-state index in [1.165, 1.54) is 11.1 Å². The SMILES string of the molecule is Cc1cc(C)c(C)c(OCCCNC(=O)c2ccc(N3CCCC3=O)cc2)c1. The zero-order valence-electron chi connectivity index (χ0n) is 16.9. The van der Waals surface area contributed by atoms with Crippen molar-refractivity contribution in [2.45, 2.75) is 40.0 Å². The molecule has 5 heteroatoms. The van der Waals surface area contributed by atoms with Crippen molar-refractivity contribution in [3.8, 4) is 5.75 Å². The fourth-order valence-corrected chi connectivity index (χ4v) is 3.42. The number of ether oxygens (including phenoxy) is 1. The van der Waals surface area contributed by atoms with E-state index in [0.717, 1.165) is 36.4 Å². The summed E-state index contributed by atoms with van der Waals surface area (Å²) in [7, 11) is 0. The zero-order valence-corrected chi connectivity index (χ0v) is 16.9. The van der Waals surface area contributed by atoms with Crippen molar-refractivity contribution < 1.29 is 14.3 Å². The lowest BCUT2D eigenvalue weighted by atomic mass is 10.1. The Kier molecular flexibility index (Phi) is 6.34. The lowest BCUT2D eigenvalue weighted by Gasteiger charge is -2.16. The van der Waals surface area contributed by atoms with Crippen LogP contribution in [0.15, 0.2) is 36.4 Å². The van der Waals surface area contributed by atoms with E-state index in [0.29, 0.717) is 25.1 Å². The number of carbonyl (C=O) groups is 2. The Labute approximate surface area is 166 Å². The van der Waals surface area contributed by atoms with E-state index in [1.54, 1.807) is 17.0 Å². The second-order valence-electron chi connectivity index (χ2n) is 7.36. The predicted octanol–water partition coefficient (Wildman–Crippen LogP) is 3.94. The first-order chi connectivity index (χ1) is 13.5. The van der Waals surface area contributed by atoms with Crippen molar-refractivity contribution in [1.82, 2.24) is 5.32 Å². The van der Waals surface area contributed by atoms with Gasteiger partial charge in [0.05, 0.1) is 6.61 Å². The number of rotatable bonds is 7. The molecule has 1 aliphatic rings. The van der Waals surface area contributed by atoms with Crippen LogP contribution in [0.25, 0.3) is 0 Å². The quantitative estimate of drug-likeness (QED) is 0.740. The average molecular weight is 380 g/mol. The van der Waals surface area contributed by atoms with Crippen molar-refractivity contribution in [3.63, 3.8) is 0 Å². The van der Waals surface area contributed by atoms with Crippen LogP contribution in [0.5, 0.6) is 5.75 Å². The molecule has 1 N–H and O–H groups in total. The third-order valence-corrected chi connectivity index (χ3v) is 5.14. The third kappa shape index (κ3) is 4.71. The molecule has 0 saturated carbocycles. The van der Waals surface area contributed by atoms with Gasteiger partial charge in [-0.2, -0.15) is 0 Å². The van der Waals surface area contributed by atoms with Gasteiger partial charge < -0.3 is 15.0 Å². The molecule has 3 rings (SSSR count). The molecule has 28 heavy (non-hydrogen) atoms. The number of aryl methyl sites for hydroxylation is 2. The second kappa shape index (κ2) is 8.91. The molecule has 2 aromatic rings. The fraction of sp³-hybridized carbons (Fsp3) is 0.391.